The van der Waals surface area contributed by atoms with Gasteiger partial charge in [0.05, 0.1) is 0 Å². The van der Waals surface area contributed by atoms with Gasteiger partial charge in [0.2, 0.25) is 11.6 Å². The van der Waals surface area contributed by atoms with E-state index in [0.29, 0.717) is 16.5 Å². The summed E-state index contributed by atoms with van der Waals surface area (Å²) in [5.74, 6) is -11.1. The quantitative estimate of drug-likeness (QED) is 0.315. The number of halogens is 5. The molecule has 0 bridgehead atoms. The highest BCUT2D eigenvalue weighted by molar-refractivity contribution is 6.59. The number of benzene rings is 3. The topological polar surface area (TPSA) is 41.5 Å². The molecule has 0 radical (unpaired) electrons. The van der Waals surface area contributed by atoms with E-state index in [0.717, 1.165) is 5.39 Å². The Balaban J connectivity index is 1.84. The zero-order valence-electron chi connectivity index (χ0n) is 12.7. The van der Waals surface area contributed by atoms with Gasteiger partial charge >= 0.3 is 0 Å². The predicted molar refractivity (Wildman–Crippen MR) is 84.7 cm³/mol. The summed E-state index contributed by atoms with van der Waals surface area (Å²) in [6.45, 7) is 0. The first-order valence-electron chi connectivity index (χ1n) is 7.33. The Morgan fingerprint density at radius 2 is 1.27 bits per heavy atom. The maximum absolute atomic E-state index is 13.7. The molecule has 8 heteroatoms. The lowest BCUT2D eigenvalue weighted by molar-refractivity contribution is 0.107. The van der Waals surface area contributed by atoms with Crippen molar-refractivity contribution in [2.45, 2.75) is 0 Å². The summed E-state index contributed by atoms with van der Waals surface area (Å²) in [5, 5.41) is 5.00. The molecule has 0 saturated carbocycles. The third-order valence-corrected chi connectivity index (χ3v) is 4.11. The molecule has 0 atom stereocenters. The van der Waals surface area contributed by atoms with Crippen LogP contribution >= 0.6 is 0 Å². The van der Waals surface area contributed by atoms with Crippen molar-refractivity contribution in [1.82, 2.24) is 0 Å². The van der Waals surface area contributed by atoms with Crippen LogP contribution in [0.5, 0.6) is 0 Å². The van der Waals surface area contributed by atoms with E-state index in [1.165, 1.54) is 0 Å². The molecule has 0 heterocycles. The number of carbonyl (C=O) groups is 1. The van der Waals surface area contributed by atoms with Gasteiger partial charge in [0.15, 0.2) is 23.3 Å². The minimum atomic E-state index is -2.27. The van der Waals surface area contributed by atoms with Gasteiger partial charge in [-0.3, -0.25) is 10.2 Å². The molecule has 0 unspecified atom stereocenters. The largest absolute Gasteiger partial charge is 0.287 e. The van der Waals surface area contributed by atoms with Crippen LogP contribution in [0.15, 0.2) is 41.5 Å². The van der Waals surface area contributed by atoms with E-state index < -0.39 is 40.6 Å². The van der Waals surface area contributed by atoms with Gasteiger partial charge in [0.1, 0.15) is 11.4 Å². The van der Waals surface area contributed by atoms with E-state index in [-0.39, 0.29) is 5.71 Å². The second kappa shape index (κ2) is 5.62. The fourth-order valence-corrected chi connectivity index (χ4v) is 2.90. The number of nitrogens with one attached hydrogen (secondary N) is 1. The lowest BCUT2D eigenvalue weighted by atomic mass is 10.1. The summed E-state index contributed by atoms with van der Waals surface area (Å²) in [7, 11) is 0. The minimum Gasteiger partial charge on any atom is -0.287 e. The number of hydrogen-bond acceptors (Lipinski definition) is 3. The zero-order valence-corrected chi connectivity index (χ0v) is 12.7. The Kier molecular flexibility index (Phi) is 3.50. The highest BCUT2D eigenvalue weighted by atomic mass is 19.2. The van der Waals surface area contributed by atoms with Gasteiger partial charge in [0.25, 0.3) is 0 Å². The average molecular weight is 362 g/mol. The Hall–Kier alpha value is -3.29. The third-order valence-electron chi connectivity index (χ3n) is 4.11. The molecule has 0 spiro atoms. The Morgan fingerprint density at radius 1 is 0.731 bits per heavy atom. The smallest absolute Gasteiger partial charge is 0.214 e. The molecule has 0 aliphatic heterocycles. The zero-order chi connectivity index (χ0) is 18.6. The van der Waals surface area contributed by atoms with Crippen LogP contribution in [0.2, 0.25) is 0 Å². The molecule has 0 fully saturated rings. The number of nitrogens with zero attached hydrogens (tertiary/aromatic N) is 1. The molecule has 0 saturated heterocycles. The van der Waals surface area contributed by atoms with Gasteiger partial charge in [0, 0.05) is 16.5 Å². The number of hydrogen-bond donors (Lipinski definition) is 1. The molecular formula is C18H7F5N2O. The van der Waals surface area contributed by atoms with E-state index in [9.17, 15) is 26.7 Å². The molecule has 26 heavy (non-hydrogen) atoms. The van der Waals surface area contributed by atoms with Crippen LogP contribution < -0.4 is 5.43 Å². The first-order chi connectivity index (χ1) is 12.4. The highest BCUT2D eigenvalue weighted by Gasteiger charge is 2.30. The number of anilines is 1. The van der Waals surface area contributed by atoms with Crippen molar-refractivity contribution in [3.05, 3.63) is 76.6 Å². The molecule has 3 nitrogen and oxygen atoms in total. The summed E-state index contributed by atoms with van der Waals surface area (Å²) in [4.78, 5) is 12.5. The van der Waals surface area contributed by atoms with Gasteiger partial charge in [-0.1, -0.05) is 36.4 Å². The number of carbonyl (C=O) groups excluding carboxylic acids is 1. The van der Waals surface area contributed by atoms with Crippen LogP contribution in [0, 0.1) is 29.1 Å². The lowest BCUT2D eigenvalue weighted by Gasteiger charge is -2.08. The van der Waals surface area contributed by atoms with Crippen LogP contribution in [-0.4, -0.2) is 11.5 Å². The third kappa shape index (κ3) is 2.11. The molecule has 3 aromatic carbocycles. The van der Waals surface area contributed by atoms with Crippen molar-refractivity contribution in [3.8, 4) is 0 Å². The van der Waals surface area contributed by atoms with Crippen LogP contribution in [0.25, 0.3) is 10.8 Å². The highest BCUT2D eigenvalue weighted by Crippen LogP contribution is 2.32. The molecule has 1 aliphatic carbocycles. The standard InChI is InChI=1S/C18H7F5N2O/c19-11-12(20)14(22)17(15(23)13(11)21)25-24-16-8-5-1-3-7-4-2-6-9(10(7)8)18(16)26/h1-6,25H/b24-16-. The van der Waals surface area contributed by atoms with E-state index in [1.54, 1.807) is 36.4 Å². The molecular weight excluding hydrogens is 355 g/mol. The van der Waals surface area contributed by atoms with Gasteiger partial charge in [-0.25, -0.2) is 22.0 Å². The van der Waals surface area contributed by atoms with E-state index in [2.05, 4.69) is 5.10 Å². The summed E-state index contributed by atoms with van der Waals surface area (Å²) in [6, 6.07) is 10.0. The van der Waals surface area contributed by atoms with Gasteiger partial charge in [-0.15, -0.1) is 0 Å². The van der Waals surface area contributed by atoms with Crippen molar-refractivity contribution in [2.24, 2.45) is 5.10 Å². The normalized spacial score (nSPS) is 14.5. The summed E-state index contributed by atoms with van der Waals surface area (Å²) >= 11 is 0. The number of Topliss-reactive ketones (excluding diaryl/α,β-unsaturated/α-hetero) is 1. The fraction of sp³-hybridized carbons (Fsp3) is 0. The van der Waals surface area contributed by atoms with Crippen molar-refractivity contribution in [1.29, 1.82) is 0 Å². The summed E-state index contributed by atoms with van der Waals surface area (Å²) in [6.07, 6.45) is 0. The van der Waals surface area contributed by atoms with Crippen LogP contribution in [-0.2, 0) is 0 Å². The van der Waals surface area contributed by atoms with Crippen molar-refractivity contribution in [3.63, 3.8) is 0 Å². The van der Waals surface area contributed by atoms with E-state index in [1.807, 2.05) is 5.43 Å². The molecule has 1 aliphatic rings. The monoisotopic (exact) mass is 362 g/mol. The van der Waals surface area contributed by atoms with Crippen LogP contribution in [0.3, 0.4) is 0 Å². The van der Waals surface area contributed by atoms with Gasteiger partial charge in [-0.05, 0) is 5.39 Å². The van der Waals surface area contributed by atoms with Gasteiger partial charge < -0.3 is 0 Å². The average Bonchev–Trinajstić information content (AvgIpc) is 2.93. The van der Waals surface area contributed by atoms with Crippen LogP contribution in [0.1, 0.15) is 15.9 Å². The number of hydrazone groups is 1. The Labute approximate surface area is 142 Å². The number of ketones is 1. The van der Waals surface area contributed by atoms with E-state index >= 15 is 0 Å². The Morgan fingerprint density at radius 3 is 1.88 bits per heavy atom. The predicted octanol–water partition coefficient (Wildman–Crippen LogP) is 4.55. The molecule has 130 valence electrons. The summed E-state index contributed by atoms with van der Waals surface area (Å²) in [5.41, 5.74) is 1.05. The number of rotatable bonds is 2. The molecule has 4 rings (SSSR count). The maximum atomic E-state index is 13.7. The van der Waals surface area contributed by atoms with Crippen molar-refractivity contribution >= 4 is 28.0 Å². The first kappa shape index (κ1) is 16.2. The van der Waals surface area contributed by atoms with E-state index in [4.69, 9.17) is 0 Å². The molecule has 3 aromatic rings. The molecule has 1 N–H and O–H groups in total. The Bertz CT molecular complexity index is 1110. The second-order valence-corrected chi connectivity index (χ2v) is 5.56. The first-order valence-corrected chi connectivity index (χ1v) is 7.33. The van der Waals surface area contributed by atoms with Crippen molar-refractivity contribution in [2.75, 3.05) is 5.43 Å². The molecule has 0 aromatic heterocycles. The lowest BCUT2D eigenvalue weighted by Crippen LogP contribution is -2.13. The SMILES string of the molecule is O=C1/C(=N\Nc2c(F)c(F)c(F)c(F)c2F)c2cccc3cccc1c23. The van der Waals surface area contributed by atoms with Crippen molar-refractivity contribution < 1.29 is 26.7 Å². The van der Waals surface area contributed by atoms with Crippen LogP contribution in [0.4, 0.5) is 27.6 Å². The minimum absolute atomic E-state index is 0.180. The molecule has 0 amide bonds. The summed E-state index contributed by atoms with van der Waals surface area (Å²) < 4.78 is 67.1. The maximum Gasteiger partial charge on any atom is 0.214 e. The second-order valence-electron chi connectivity index (χ2n) is 5.56. The van der Waals surface area contributed by atoms with Gasteiger partial charge in [-0.2, -0.15) is 5.10 Å². The fourth-order valence-electron chi connectivity index (χ4n) is 2.90.